The normalized spacial score (nSPS) is 24.3. The first-order valence-electron chi connectivity index (χ1n) is 6.92. The van der Waals surface area contributed by atoms with Gasteiger partial charge in [0.25, 0.3) is 0 Å². The van der Waals surface area contributed by atoms with Crippen molar-refractivity contribution in [2.24, 2.45) is 5.41 Å². The number of carbonyl (C=O) groups excluding carboxylic acids is 1. The van der Waals surface area contributed by atoms with Crippen molar-refractivity contribution in [2.75, 3.05) is 20.3 Å². The lowest BCUT2D eigenvalue weighted by Gasteiger charge is -2.46. The Morgan fingerprint density at radius 1 is 1.20 bits per heavy atom. The molecule has 2 aliphatic rings. The number of hydrogen-bond acceptors (Lipinski definition) is 4. The molecular formula is C15H24O4Si. The van der Waals surface area contributed by atoms with Crippen LogP contribution in [0.5, 0.6) is 0 Å². The van der Waals surface area contributed by atoms with E-state index in [9.17, 15) is 4.79 Å². The Hall–Kier alpha value is -0.913. The molecule has 0 saturated carbocycles. The molecule has 1 aliphatic carbocycles. The molecule has 1 heterocycles. The lowest BCUT2D eigenvalue weighted by atomic mass is 9.94. The van der Waals surface area contributed by atoms with Crippen LogP contribution in [0.3, 0.4) is 0 Å². The van der Waals surface area contributed by atoms with Crippen molar-refractivity contribution in [3.8, 4) is 0 Å². The van der Waals surface area contributed by atoms with Gasteiger partial charge in [-0.3, -0.25) is 0 Å². The Kier molecular flexibility index (Phi) is 3.73. The minimum atomic E-state index is -1.68. The highest BCUT2D eigenvalue weighted by Crippen LogP contribution is 2.45. The molecule has 0 aromatic rings. The molecular weight excluding hydrogens is 272 g/mol. The molecule has 0 unspecified atom stereocenters. The van der Waals surface area contributed by atoms with Crippen LogP contribution in [0, 0.1) is 5.41 Å². The largest absolute Gasteiger partial charge is 0.465 e. The fraction of sp³-hybridized carbons (Fsp3) is 0.667. The summed E-state index contributed by atoms with van der Waals surface area (Å²) in [6, 6.07) is 0. The molecule has 0 aromatic carbocycles. The maximum Gasteiger partial charge on any atom is 0.339 e. The Labute approximate surface area is 121 Å². The van der Waals surface area contributed by atoms with Crippen LogP contribution in [0.1, 0.15) is 13.8 Å². The van der Waals surface area contributed by atoms with Gasteiger partial charge in [-0.05, 0) is 11.3 Å². The second-order valence-electron chi connectivity index (χ2n) is 7.26. The van der Waals surface area contributed by atoms with Gasteiger partial charge in [0.15, 0.2) is 0 Å². The first kappa shape index (κ1) is 15.5. The summed E-state index contributed by atoms with van der Waals surface area (Å²) >= 11 is 0. The van der Waals surface area contributed by atoms with Crippen LogP contribution < -0.4 is 0 Å². The molecule has 20 heavy (non-hydrogen) atoms. The van der Waals surface area contributed by atoms with Crippen LogP contribution in [0.2, 0.25) is 19.6 Å². The summed E-state index contributed by atoms with van der Waals surface area (Å²) < 4.78 is 17.1. The Bertz CT molecular complexity index is 473. The number of ether oxygens (including phenoxy) is 3. The zero-order valence-electron chi connectivity index (χ0n) is 13.2. The van der Waals surface area contributed by atoms with Crippen LogP contribution in [0.25, 0.3) is 0 Å². The maximum atomic E-state index is 12.1. The van der Waals surface area contributed by atoms with E-state index in [0.717, 1.165) is 5.20 Å². The van der Waals surface area contributed by atoms with Crippen molar-refractivity contribution in [2.45, 2.75) is 39.3 Å². The van der Waals surface area contributed by atoms with E-state index in [1.807, 2.05) is 6.08 Å². The lowest BCUT2D eigenvalue weighted by molar-refractivity contribution is -0.254. The van der Waals surface area contributed by atoms with Crippen molar-refractivity contribution < 1.29 is 19.0 Å². The molecule has 0 atom stereocenters. The Morgan fingerprint density at radius 2 is 1.75 bits per heavy atom. The van der Waals surface area contributed by atoms with Crippen LogP contribution in [0.15, 0.2) is 22.9 Å². The Morgan fingerprint density at radius 3 is 2.20 bits per heavy atom. The average Bonchev–Trinajstić information content (AvgIpc) is 2.72. The molecule has 5 heteroatoms. The van der Waals surface area contributed by atoms with Gasteiger partial charge in [-0.15, -0.1) is 0 Å². The molecule has 4 nitrogen and oxygen atoms in total. The second-order valence-corrected chi connectivity index (χ2v) is 12.3. The van der Waals surface area contributed by atoms with Crippen LogP contribution in [0.4, 0.5) is 0 Å². The summed E-state index contributed by atoms with van der Waals surface area (Å²) in [7, 11) is -0.294. The first-order chi connectivity index (χ1) is 9.12. The average molecular weight is 296 g/mol. The second kappa shape index (κ2) is 4.82. The van der Waals surface area contributed by atoms with Gasteiger partial charge in [-0.25, -0.2) is 4.79 Å². The highest BCUT2D eigenvalue weighted by atomic mass is 28.3. The molecule has 112 valence electrons. The van der Waals surface area contributed by atoms with Crippen LogP contribution >= 0.6 is 0 Å². The van der Waals surface area contributed by atoms with Crippen molar-refractivity contribution in [3.05, 3.63) is 22.9 Å². The van der Waals surface area contributed by atoms with E-state index in [0.29, 0.717) is 18.8 Å². The van der Waals surface area contributed by atoms with Crippen LogP contribution in [-0.2, 0) is 19.0 Å². The van der Waals surface area contributed by atoms with E-state index in [1.165, 1.54) is 7.11 Å². The molecule has 1 fully saturated rings. The Balaban J connectivity index is 2.39. The van der Waals surface area contributed by atoms with Crippen molar-refractivity contribution in [1.29, 1.82) is 0 Å². The van der Waals surface area contributed by atoms with Crippen LogP contribution in [-0.4, -0.2) is 40.2 Å². The molecule has 1 aliphatic heterocycles. The number of esters is 1. The minimum absolute atomic E-state index is 0.0420. The van der Waals surface area contributed by atoms with Gasteiger partial charge in [-0.1, -0.05) is 39.6 Å². The van der Waals surface area contributed by atoms with E-state index in [-0.39, 0.29) is 11.4 Å². The summed E-state index contributed by atoms with van der Waals surface area (Å²) in [6.45, 7) is 12.0. The highest BCUT2D eigenvalue weighted by molar-refractivity contribution is 6.83. The van der Waals surface area contributed by atoms with Gasteiger partial charge in [-0.2, -0.15) is 0 Å². The molecule has 0 bridgehead atoms. The molecule has 1 saturated heterocycles. The monoisotopic (exact) mass is 296 g/mol. The third kappa shape index (κ3) is 2.50. The zero-order chi connectivity index (χ0) is 15.2. The molecule has 1 spiro atoms. The summed E-state index contributed by atoms with van der Waals surface area (Å²) in [5, 5.41) is 1.10. The topological polar surface area (TPSA) is 44.8 Å². The van der Waals surface area contributed by atoms with Gasteiger partial charge in [0, 0.05) is 5.41 Å². The van der Waals surface area contributed by atoms with Gasteiger partial charge in [0.1, 0.15) is 5.57 Å². The standard InChI is InChI=1S/C15H24O4Si/c1-14(2)9-18-15(19-10-14)11(13(16)17-3)7-8-12(15)20(4,5)6/h7-8H,9-10H2,1-6H3. The van der Waals surface area contributed by atoms with Gasteiger partial charge < -0.3 is 14.2 Å². The van der Waals surface area contributed by atoms with Crippen molar-refractivity contribution in [3.63, 3.8) is 0 Å². The number of methoxy groups -OCH3 is 1. The molecule has 0 radical (unpaired) electrons. The highest BCUT2D eigenvalue weighted by Gasteiger charge is 2.54. The smallest absolute Gasteiger partial charge is 0.339 e. The summed E-state index contributed by atoms with van der Waals surface area (Å²) in [5.74, 6) is -1.40. The van der Waals surface area contributed by atoms with E-state index in [1.54, 1.807) is 6.08 Å². The predicted octanol–water partition coefficient (Wildman–Crippen LogP) is 2.67. The van der Waals surface area contributed by atoms with E-state index < -0.39 is 13.9 Å². The van der Waals surface area contributed by atoms with E-state index in [2.05, 4.69) is 33.5 Å². The number of carbonyl (C=O) groups is 1. The third-order valence-electron chi connectivity index (χ3n) is 3.67. The quantitative estimate of drug-likeness (QED) is 0.580. The fourth-order valence-electron chi connectivity index (χ4n) is 2.58. The number of allylic oxidation sites excluding steroid dienone is 2. The van der Waals surface area contributed by atoms with E-state index in [4.69, 9.17) is 14.2 Å². The molecule has 0 aromatic heterocycles. The molecule has 0 amide bonds. The van der Waals surface area contributed by atoms with Gasteiger partial charge in [0.2, 0.25) is 5.79 Å². The first-order valence-corrected chi connectivity index (χ1v) is 10.4. The number of hydrogen-bond donors (Lipinski definition) is 0. The van der Waals surface area contributed by atoms with Crippen molar-refractivity contribution in [1.82, 2.24) is 0 Å². The SMILES string of the molecule is COC(=O)C1=CC=C([Si](C)(C)C)C12OCC(C)(C)CO2. The van der Waals surface area contributed by atoms with Gasteiger partial charge >= 0.3 is 5.97 Å². The zero-order valence-corrected chi connectivity index (χ0v) is 14.2. The van der Waals surface area contributed by atoms with Crippen molar-refractivity contribution >= 4 is 14.0 Å². The molecule has 0 N–H and O–H groups in total. The minimum Gasteiger partial charge on any atom is -0.465 e. The summed E-state index contributed by atoms with van der Waals surface area (Å²) in [5.41, 5.74) is 0.424. The number of rotatable bonds is 2. The summed E-state index contributed by atoms with van der Waals surface area (Å²) in [6.07, 6.45) is 3.77. The predicted molar refractivity (Wildman–Crippen MR) is 79.9 cm³/mol. The molecule has 2 rings (SSSR count). The van der Waals surface area contributed by atoms with E-state index >= 15 is 0 Å². The lowest BCUT2D eigenvalue weighted by Crippen LogP contribution is -2.54. The summed E-state index contributed by atoms with van der Waals surface area (Å²) in [4.78, 5) is 12.1. The fourth-order valence-corrected chi connectivity index (χ4v) is 4.43. The maximum absolute atomic E-state index is 12.1. The third-order valence-corrected chi connectivity index (χ3v) is 5.78. The van der Waals surface area contributed by atoms with Gasteiger partial charge in [0.05, 0.1) is 28.4 Å².